The second kappa shape index (κ2) is 5.93. The van der Waals surface area contributed by atoms with Gasteiger partial charge in [-0.15, -0.1) is 0 Å². The third-order valence-corrected chi connectivity index (χ3v) is 4.38. The van der Waals surface area contributed by atoms with Crippen molar-refractivity contribution in [1.82, 2.24) is 4.98 Å². The lowest BCUT2D eigenvalue weighted by atomic mass is 9.93. The highest BCUT2D eigenvalue weighted by atomic mass is 19.1. The van der Waals surface area contributed by atoms with E-state index in [9.17, 15) is 9.50 Å². The number of fused-ring (bicyclic) bond motifs is 2. The van der Waals surface area contributed by atoms with Crippen LogP contribution in [-0.4, -0.2) is 10.1 Å². The monoisotopic (exact) mass is 317 g/mol. The van der Waals surface area contributed by atoms with Crippen LogP contribution in [0.4, 0.5) is 4.39 Å². The number of halogens is 1. The van der Waals surface area contributed by atoms with Crippen LogP contribution in [-0.2, 0) is 12.8 Å². The Kier molecular flexibility index (Phi) is 3.62. The van der Waals surface area contributed by atoms with Crippen molar-refractivity contribution in [2.75, 3.05) is 0 Å². The van der Waals surface area contributed by atoms with Crippen LogP contribution in [0, 0.1) is 5.82 Å². The van der Waals surface area contributed by atoms with E-state index in [1.165, 1.54) is 6.07 Å². The first kappa shape index (κ1) is 14.6. The van der Waals surface area contributed by atoms with Crippen molar-refractivity contribution in [1.29, 1.82) is 0 Å². The Morgan fingerprint density at radius 3 is 2.67 bits per heavy atom. The van der Waals surface area contributed by atoms with Gasteiger partial charge in [0.05, 0.1) is 0 Å². The normalized spacial score (nSPS) is 14.8. The zero-order chi connectivity index (χ0) is 16.5. The van der Waals surface area contributed by atoms with Crippen LogP contribution >= 0.6 is 0 Å². The first-order chi connectivity index (χ1) is 11.7. The summed E-state index contributed by atoms with van der Waals surface area (Å²) in [5.41, 5.74) is 5.42. The molecule has 0 atom stereocenters. The highest BCUT2D eigenvalue weighted by Gasteiger charge is 2.21. The number of hydrogen-bond acceptors (Lipinski definition) is 2. The van der Waals surface area contributed by atoms with Crippen LogP contribution in [0.1, 0.15) is 27.9 Å². The van der Waals surface area contributed by atoms with Gasteiger partial charge in [-0.1, -0.05) is 30.3 Å². The van der Waals surface area contributed by atoms with Crippen LogP contribution in [0.25, 0.3) is 11.6 Å². The maximum Gasteiger partial charge on any atom is 0.127 e. The largest absolute Gasteiger partial charge is 0.508 e. The topological polar surface area (TPSA) is 33.1 Å². The molecule has 2 aromatic carbocycles. The van der Waals surface area contributed by atoms with Gasteiger partial charge in [-0.2, -0.15) is 0 Å². The van der Waals surface area contributed by atoms with Crippen molar-refractivity contribution in [3.63, 3.8) is 0 Å². The summed E-state index contributed by atoms with van der Waals surface area (Å²) in [5, 5.41) is 9.73. The van der Waals surface area contributed by atoms with E-state index in [2.05, 4.69) is 4.98 Å². The average Bonchev–Trinajstić information content (AvgIpc) is 2.74. The van der Waals surface area contributed by atoms with Crippen molar-refractivity contribution < 1.29 is 9.50 Å². The molecule has 3 aromatic rings. The van der Waals surface area contributed by atoms with Gasteiger partial charge in [0, 0.05) is 17.5 Å². The van der Waals surface area contributed by atoms with Crippen LogP contribution in [0.2, 0.25) is 0 Å². The highest BCUT2D eigenvalue weighted by molar-refractivity contribution is 5.93. The summed E-state index contributed by atoms with van der Waals surface area (Å²) < 4.78 is 14.4. The Hall–Kier alpha value is -2.94. The molecular formula is C21H16FNO. The maximum absolute atomic E-state index is 14.4. The summed E-state index contributed by atoms with van der Waals surface area (Å²) in [6, 6.07) is 16.2. The molecule has 1 aliphatic rings. The SMILES string of the molecule is Oc1cccc(/C=C2/c3cccnc3CCc3c(F)cccc32)c1. The molecule has 1 aliphatic carbocycles. The molecule has 0 unspecified atom stereocenters. The van der Waals surface area contributed by atoms with Crippen molar-refractivity contribution in [3.05, 3.63) is 94.6 Å². The van der Waals surface area contributed by atoms with Crippen LogP contribution in [0.3, 0.4) is 0 Å². The Morgan fingerprint density at radius 2 is 1.79 bits per heavy atom. The molecule has 4 rings (SSSR count). The summed E-state index contributed by atoms with van der Waals surface area (Å²) in [7, 11) is 0. The molecule has 3 heteroatoms. The molecule has 0 aliphatic heterocycles. The van der Waals surface area contributed by atoms with Crippen molar-refractivity contribution in [3.8, 4) is 5.75 Å². The first-order valence-electron chi connectivity index (χ1n) is 7.95. The second-order valence-electron chi connectivity index (χ2n) is 5.92. The lowest BCUT2D eigenvalue weighted by molar-refractivity contribution is 0.475. The minimum absolute atomic E-state index is 0.179. The van der Waals surface area contributed by atoms with E-state index in [0.717, 1.165) is 33.5 Å². The highest BCUT2D eigenvalue weighted by Crippen LogP contribution is 2.35. The summed E-state index contributed by atoms with van der Waals surface area (Å²) in [4.78, 5) is 4.49. The van der Waals surface area contributed by atoms with E-state index in [-0.39, 0.29) is 11.6 Å². The van der Waals surface area contributed by atoms with Gasteiger partial charge in [0.1, 0.15) is 11.6 Å². The quantitative estimate of drug-likeness (QED) is 0.711. The molecule has 0 spiro atoms. The fraction of sp³-hybridized carbons (Fsp3) is 0.0952. The number of hydrogen-bond donors (Lipinski definition) is 1. The minimum Gasteiger partial charge on any atom is -0.508 e. The molecule has 24 heavy (non-hydrogen) atoms. The summed E-state index contributed by atoms with van der Waals surface area (Å²) in [5.74, 6) is 0.0333. The van der Waals surface area contributed by atoms with Crippen LogP contribution in [0.15, 0.2) is 60.8 Å². The van der Waals surface area contributed by atoms with Crippen LogP contribution < -0.4 is 0 Å². The van der Waals surface area contributed by atoms with Gasteiger partial charge in [-0.3, -0.25) is 4.98 Å². The molecule has 2 nitrogen and oxygen atoms in total. The molecule has 0 bridgehead atoms. The van der Waals surface area contributed by atoms with Gasteiger partial charge in [0.15, 0.2) is 0 Å². The lowest BCUT2D eigenvalue weighted by Crippen LogP contribution is -1.96. The number of phenols is 1. The molecule has 1 heterocycles. The molecule has 0 saturated heterocycles. The van der Waals surface area contributed by atoms with Crippen molar-refractivity contribution >= 4 is 11.6 Å². The smallest absolute Gasteiger partial charge is 0.127 e. The predicted octanol–water partition coefficient (Wildman–Crippen LogP) is 4.61. The molecule has 0 fully saturated rings. The number of phenolic OH excluding ortho intramolecular Hbond substituents is 1. The zero-order valence-corrected chi connectivity index (χ0v) is 13.0. The van der Waals surface area contributed by atoms with Gasteiger partial charge in [0.25, 0.3) is 0 Å². The number of nitrogens with zero attached hydrogens (tertiary/aromatic N) is 1. The van der Waals surface area contributed by atoms with E-state index in [4.69, 9.17) is 0 Å². The Morgan fingerprint density at radius 1 is 0.958 bits per heavy atom. The maximum atomic E-state index is 14.4. The zero-order valence-electron chi connectivity index (χ0n) is 13.0. The molecule has 118 valence electrons. The van der Waals surface area contributed by atoms with Gasteiger partial charge >= 0.3 is 0 Å². The molecule has 1 aromatic heterocycles. The predicted molar refractivity (Wildman–Crippen MR) is 93.1 cm³/mol. The number of rotatable bonds is 1. The second-order valence-corrected chi connectivity index (χ2v) is 5.92. The minimum atomic E-state index is -0.179. The van der Waals surface area contributed by atoms with Crippen LogP contribution in [0.5, 0.6) is 5.75 Å². The summed E-state index contributed by atoms with van der Waals surface area (Å²) >= 11 is 0. The third-order valence-electron chi connectivity index (χ3n) is 4.38. The standard InChI is InChI=1S/C21H16FNO/c22-20-8-2-6-16-17(20)9-10-21-18(7-3-11-23-21)19(16)13-14-4-1-5-15(24)12-14/h1-8,11-13,24H,9-10H2/b19-13+. The average molecular weight is 317 g/mol. The van der Waals surface area contributed by atoms with Gasteiger partial charge in [-0.05, 0) is 65.4 Å². The number of pyridine rings is 1. The number of aryl methyl sites for hydroxylation is 1. The molecule has 1 N–H and O–H groups in total. The molecular weight excluding hydrogens is 301 g/mol. The fourth-order valence-electron chi connectivity index (χ4n) is 3.27. The lowest BCUT2D eigenvalue weighted by Gasteiger charge is -2.12. The van der Waals surface area contributed by atoms with Gasteiger partial charge < -0.3 is 5.11 Å². The fourth-order valence-corrected chi connectivity index (χ4v) is 3.27. The Bertz CT molecular complexity index is 946. The first-order valence-corrected chi connectivity index (χ1v) is 7.95. The summed E-state index contributed by atoms with van der Waals surface area (Å²) in [6.07, 6.45) is 5.10. The van der Waals surface area contributed by atoms with E-state index < -0.39 is 0 Å². The number of benzene rings is 2. The van der Waals surface area contributed by atoms with E-state index in [0.29, 0.717) is 12.8 Å². The van der Waals surface area contributed by atoms with Crippen molar-refractivity contribution in [2.24, 2.45) is 0 Å². The molecule has 0 radical (unpaired) electrons. The van der Waals surface area contributed by atoms with Gasteiger partial charge in [0.2, 0.25) is 0 Å². The summed E-state index contributed by atoms with van der Waals surface area (Å²) in [6.45, 7) is 0. The third kappa shape index (κ3) is 2.58. The van der Waals surface area contributed by atoms with Gasteiger partial charge in [-0.25, -0.2) is 4.39 Å². The van der Waals surface area contributed by atoms with Crippen molar-refractivity contribution in [2.45, 2.75) is 12.8 Å². The Labute approximate surface area is 139 Å². The van der Waals surface area contributed by atoms with E-state index in [1.807, 2.05) is 30.3 Å². The number of aromatic hydroxyl groups is 1. The van der Waals surface area contributed by atoms with E-state index in [1.54, 1.807) is 30.5 Å². The Balaban J connectivity index is 1.99. The molecule has 0 saturated carbocycles. The molecule has 0 amide bonds. The van der Waals surface area contributed by atoms with E-state index >= 15 is 0 Å². The number of aromatic nitrogens is 1.